The van der Waals surface area contributed by atoms with Gasteiger partial charge in [0.1, 0.15) is 0 Å². The maximum atomic E-state index is 5.68. The number of hydrogen-bond donors (Lipinski definition) is 1. The van der Waals surface area contributed by atoms with E-state index in [1.807, 2.05) is 29.7 Å². The first kappa shape index (κ1) is 7.61. The van der Waals surface area contributed by atoms with Gasteiger partial charge in [-0.15, -0.1) is 0 Å². The second-order valence-corrected chi connectivity index (χ2v) is 3.48. The van der Waals surface area contributed by atoms with E-state index in [1.54, 1.807) is 0 Å². The van der Waals surface area contributed by atoms with Gasteiger partial charge < -0.3 is 5.73 Å². The van der Waals surface area contributed by atoms with E-state index in [4.69, 9.17) is 5.73 Å². The van der Waals surface area contributed by atoms with Gasteiger partial charge in [0, 0.05) is 10.7 Å². The molecular weight excluding hydrogens is 218 g/mol. The molecule has 0 spiro atoms. The van der Waals surface area contributed by atoms with Gasteiger partial charge >= 0.3 is 0 Å². The Kier molecular flexibility index (Phi) is 1.58. The first-order chi connectivity index (χ1) is 5.70. The Morgan fingerprint density at radius 1 is 1.58 bits per heavy atom. The molecule has 0 aliphatic rings. The number of fused-ring (bicyclic) bond motifs is 1. The highest BCUT2D eigenvalue weighted by Crippen LogP contribution is 2.22. The molecule has 0 amide bonds. The van der Waals surface area contributed by atoms with Crippen LogP contribution >= 0.6 is 15.9 Å². The van der Waals surface area contributed by atoms with Crippen LogP contribution in [0.1, 0.15) is 5.69 Å². The van der Waals surface area contributed by atoms with E-state index in [2.05, 4.69) is 20.9 Å². The van der Waals surface area contributed by atoms with Gasteiger partial charge in [-0.05, 0) is 35.0 Å². The number of aromatic nitrogens is 2. The minimum Gasteiger partial charge on any atom is -0.369 e. The molecule has 2 aromatic heterocycles. The summed E-state index contributed by atoms with van der Waals surface area (Å²) in [6, 6.07) is 3.90. The maximum absolute atomic E-state index is 5.68. The van der Waals surface area contributed by atoms with Crippen LogP contribution in [0, 0.1) is 6.92 Å². The summed E-state index contributed by atoms with van der Waals surface area (Å²) in [6.45, 7) is 1.94. The van der Waals surface area contributed by atoms with E-state index in [-0.39, 0.29) is 0 Å². The molecule has 0 saturated heterocycles. The molecule has 2 aromatic rings. The van der Waals surface area contributed by atoms with Gasteiger partial charge in [-0.2, -0.15) is 0 Å². The SMILES string of the molecule is Cc1nc(N)n2cccc(Br)c12. The summed E-state index contributed by atoms with van der Waals surface area (Å²) in [5.41, 5.74) is 7.66. The van der Waals surface area contributed by atoms with Crippen molar-refractivity contribution in [1.29, 1.82) is 0 Å². The Bertz CT molecular complexity index is 433. The number of halogens is 1. The highest BCUT2D eigenvalue weighted by atomic mass is 79.9. The van der Waals surface area contributed by atoms with Crippen LogP contribution in [0.25, 0.3) is 5.52 Å². The zero-order chi connectivity index (χ0) is 8.72. The second kappa shape index (κ2) is 2.48. The van der Waals surface area contributed by atoms with Crippen molar-refractivity contribution in [3.8, 4) is 0 Å². The first-order valence-corrected chi connectivity index (χ1v) is 4.38. The quantitative estimate of drug-likeness (QED) is 0.746. The highest BCUT2D eigenvalue weighted by molar-refractivity contribution is 9.10. The number of pyridine rings is 1. The minimum absolute atomic E-state index is 0.531. The van der Waals surface area contributed by atoms with E-state index in [0.717, 1.165) is 15.7 Å². The van der Waals surface area contributed by atoms with Crippen LogP contribution in [0.2, 0.25) is 0 Å². The molecule has 62 valence electrons. The van der Waals surface area contributed by atoms with Crippen LogP contribution in [-0.4, -0.2) is 9.38 Å². The lowest BCUT2D eigenvalue weighted by atomic mass is 10.3. The number of aryl methyl sites for hydroxylation is 1. The Hall–Kier alpha value is -1.03. The molecule has 0 aliphatic carbocycles. The molecule has 0 radical (unpaired) electrons. The Balaban J connectivity index is 2.99. The smallest absolute Gasteiger partial charge is 0.205 e. The molecular formula is C8H8BrN3. The van der Waals surface area contributed by atoms with Crippen molar-refractivity contribution < 1.29 is 0 Å². The van der Waals surface area contributed by atoms with Crippen LogP contribution in [0.15, 0.2) is 22.8 Å². The summed E-state index contributed by atoms with van der Waals surface area (Å²) in [6.07, 6.45) is 1.90. The standard InChI is InChI=1S/C8H8BrN3/c1-5-7-6(9)3-2-4-12(7)8(10)11-5/h2-4H,1H3,(H2,10,11). The Labute approximate surface area is 78.3 Å². The van der Waals surface area contributed by atoms with Gasteiger partial charge in [0.2, 0.25) is 5.95 Å². The molecule has 2 N–H and O–H groups in total. The fraction of sp³-hybridized carbons (Fsp3) is 0.125. The van der Waals surface area contributed by atoms with E-state index >= 15 is 0 Å². The molecule has 0 atom stereocenters. The molecule has 2 rings (SSSR count). The number of nitrogens with zero attached hydrogens (tertiary/aromatic N) is 2. The van der Waals surface area contributed by atoms with Crippen molar-refractivity contribution in [1.82, 2.24) is 9.38 Å². The average Bonchev–Trinajstić information content (AvgIpc) is 2.29. The number of imidazole rings is 1. The molecule has 0 fully saturated rings. The molecule has 0 bridgehead atoms. The van der Waals surface area contributed by atoms with Crippen LogP contribution < -0.4 is 5.73 Å². The summed E-state index contributed by atoms with van der Waals surface area (Å²) in [5.74, 6) is 0.531. The number of nitrogen functional groups attached to an aromatic ring is 1. The summed E-state index contributed by atoms with van der Waals surface area (Å²) >= 11 is 3.44. The van der Waals surface area contributed by atoms with E-state index in [1.165, 1.54) is 0 Å². The molecule has 0 saturated carbocycles. The van der Waals surface area contributed by atoms with Gasteiger partial charge in [-0.25, -0.2) is 4.98 Å². The molecule has 3 nitrogen and oxygen atoms in total. The van der Waals surface area contributed by atoms with Crippen LogP contribution in [0.3, 0.4) is 0 Å². The molecule has 0 unspecified atom stereocenters. The molecule has 4 heteroatoms. The molecule has 0 aromatic carbocycles. The van der Waals surface area contributed by atoms with Gasteiger partial charge in [0.25, 0.3) is 0 Å². The van der Waals surface area contributed by atoms with Crippen molar-refractivity contribution in [2.75, 3.05) is 5.73 Å². The van der Waals surface area contributed by atoms with Crippen molar-refractivity contribution in [2.24, 2.45) is 0 Å². The van der Waals surface area contributed by atoms with Crippen LogP contribution in [-0.2, 0) is 0 Å². The lowest BCUT2D eigenvalue weighted by Gasteiger charge is -1.97. The molecule has 0 aliphatic heterocycles. The van der Waals surface area contributed by atoms with E-state index in [9.17, 15) is 0 Å². The minimum atomic E-state index is 0.531. The Morgan fingerprint density at radius 3 is 3.00 bits per heavy atom. The van der Waals surface area contributed by atoms with Gasteiger partial charge in [-0.1, -0.05) is 0 Å². The monoisotopic (exact) mass is 225 g/mol. The average molecular weight is 226 g/mol. The summed E-state index contributed by atoms with van der Waals surface area (Å²) in [7, 11) is 0. The first-order valence-electron chi connectivity index (χ1n) is 3.59. The van der Waals surface area contributed by atoms with Crippen molar-refractivity contribution in [2.45, 2.75) is 6.92 Å². The van der Waals surface area contributed by atoms with Crippen molar-refractivity contribution in [3.63, 3.8) is 0 Å². The van der Waals surface area contributed by atoms with E-state index in [0.29, 0.717) is 5.95 Å². The van der Waals surface area contributed by atoms with Crippen LogP contribution in [0.5, 0.6) is 0 Å². The third-order valence-corrected chi connectivity index (χ3v) is 2.46. The summed E-state index contributed by atoms with van der Waals surface area (Å²) < 4.78 is 2.88. The fourth-order valence-electron chi connectivity index (χ4n) is 1.30. The number of anilines is 1. The zero-order valence-corrected chi connectivity index (χ0v) is 8.17. The number of nitrogens with two attached hydrogens (primary N) is 1. The zero-order valence-electron chi connectivity index (χ0n) is 6.58. The maximum Gasteiger partial charge on any atom is 0.205 e. The van der Waals surface area contributed by atoms with Crippen molar-refractivity contribution >= 4 is 27.4 Å². The summed E-state index contributed by atoms with van der Waals surface area (Å²) in [5, 5.41) is 0. The normalized spacial score (nSPS) is 10.8. The predicted octanol–water partition coefficient (Wildman–Crippen LogP) is 1.99. The number of hydrogen-bond acceptors (Lipinski definition) is 2. The largest absolute Gasteiger partial charge is 0.369 e. The lowest BCUT2D eigenvalue weighted by Crippen LogP contribution is -1.92. The highest BCUT2D eigenvalue weighted by Gasteiger charge is 2.06. The fourth-order valence-corrected chi connectivity index (χ4v) is 1.93. The Morgan fingerprint density at radius 2 is 2.33 bits per heavy atom. The second-order valence-electron chi connectivity index (χ2n) is 2.63. The molecule has 12 heavy (non-hydrogen) atoms. The topological polar surface area (TPSA) is 43.3 Å². The van der Waals surface area contributed by atoms with Crippen molar-refractivity contribution in [3.05, 3.63) is 28.5 Å². The third-order valence-electron chi connectivity index (χ3n) is 1.82. The molecule has 2 heterocycles. The summed E-state index contributed by atoms with van der Waals surface area (Å²) in [4.78, 5) is 4.16. The number of rotatable bonds is 0. The van der Waals surface area contributed by atoms with Gasteiger partial charge in [0.05, 0.1) is 11.2 Å². The van der Waals surface area contributed by atoms with Crippen LogP contribution in [0.4, 0.5) is 5.95 Å². The third kappa shape index (κ3) is 0.914. The van der Waals surface area contributed by atoms with Gasteiger partial charge in [-0.3, -0.25) is 4.40 Å². The van der Waals surface area contributed by atoms with Gasteiger partial charge in [0.15, 0.2) is 0 Å². The lowest BCUT2D eigenvalue weighted by molar-refractivity contribution is 1.16. The van der Waals surface area contributed by atoms with E-state index < -0.39 is 0 Å². The predicted molar refractivity (Wildman–Crippen MR) is 52.0 cm³/mol.